The number of anilines is 2. The Kier molecular flexibility index (Phi) is 4.37. The molecule has 1 unspecified atom stereocenters. The first-order valence-electron chi connectivity index (χ1n) is 8.91. The fraction of sp³-hybridized carbons (Fsp3) is 0.300. The van der Waals surface area contributed by atoms with E-state index >= 15 is 0 Å². The zero-order valence-corrected chi connectivity index (χ0v) is 15.0. The van der Waals surface area contributed by atoms with E-state index in [1.54, 1.807) is 18.2 Å². The number of rotatable bonds is 2. The molecule has 1 aromatic carbocycles. The van der Waals surface area contributed by atoms with E-state index in [9.17, 15) is 22.4 Å². The Bertz CT molecular complexity index is 1050. The van der Waals surface area contributed by atoms with Gasteiger partial charge in [0, 0.05) is 29.3 Å². The van der Waals surface area contributed by atoms with Crippen LogP contribution in [0.25, 0.3) is 0 Å². The molecule has 150 valence electrons. The lowest BCUT2D eigenvalue weighted by atomic mass is 9.85. The lowest BCUT2D eigenvalue weighted by molar-refractivity contribution is -0.178. The molecule has 0 saturated heterocycles. The van der Waals surface area contributed by atoms with Crippen molar-refractivity contribution in [1.82, 2.24) is 10.3 Å². The van der Waals surface area contributed by atoms with Gasteiger partial charge in [-0.3, -0.25) is 0 Å². The van der Waals surface area contributed by atoms with Crippen molar-refractivity contribution in [1.29, 1.82) is 0 Å². The van der Waals surface area contributed by atoms with Crippen molar-refractivity contribution >= 4 is 17.5 Å². The summed E-state index contributed by atoms with van der Waals surface area (Å²) in [4.78, 5) is 16.1. The van der Waals surface area contributed by atoms with Crippen LogP contribution in [0, 0.1) is 23.6 Å². The Labute approximate surface area is 163 Å². The number of benzene rings is 1. The van der Waals surface area contributed by atoms with Crippen LogP contribution in [-0.4, -0.2) is 17.2 Å². The van der Waals surface area contributed by atoms with Gasteiger partial charge in [-0.25, -0.2) is 14.2 Å². The Morgan fingerprint density at radius 3 is 2.69 bits per heavy atom. The van der Waals surface area contributed by atoms with Gasteiger partial charge in [-0.05, 0) is 42.7 Å². The number of nitrogens with one attached hydrogen (secondary N) is 2. The number of hydrogen-bond acceptors (Lipinski definition) is 3. The second kappa shape index (κ2) is 6.65. The van der Waals surface area contributed by atoms with Gasteiger partial charge < -0.3 is 16.4 Å². The number of halogens is 4. The number of nitrogens with two attached hydrogens (primary N) is 1. The van der Waals surface area contributed by atoms with Crippen LogP contribution >= 0.6 is 0 Å². The number of alkyl halides is 3. The molecule has 2 aromatic rings. The van der Waals surface area contributed by atoms with Crippen molar-refractivity contribution < 1.29 is 22.4 Å². The predicted molar refractivity (Wildman–Crippen MR) is 98.2 cm³/mol. The fourth-order valence-corrected chi connectivity index (χ4v) is 3.18. The Balaban J connectivity index is 1.81. The Morgan fingerprint density at radius 1 is 1.28 bits per heavy atom. The average molecular weight is 404 g/mol. The third kappa shape index (κ3) is 3.58. The van der Waals surface area contributed by atoms with E-state index in [0.29, 0.717) is 18.5 Å². The minimum atomic E-state index is -4.94. The molecule has 29 heavy (non-hydrogen) atoms. The lowest BCUT2D eigenvalue weighted by Gasteiger charge is -2.37. The Hall–Kier alpha value is -3.28. The van der Waals surface area contributed by atoms with Crippen LogP contribution in [0.3, 0.4) is 0 Å². The predicted octanol–water partition coefficient (Wildman–Crippen LogP) is 3.70. The summed E-state index contributed by atoms with van der Waals surface area (Å²) in [6.07, 6.45) is -3.52. The molecule has 5 nitrogen and oxygen atoms in total. The van der Waals surface area contributed by atoms with Gasteiger partial charge in [-0.2, -0.15) is 13.2 Å². The van der Waals surface area contributed by atoms with Gasteiger partial charge >= 0.3 is 12.2 Å². The van der Waals surface area contributed by atoms with E-state index in [2.05, 4.69) is 22.1 Å². The van der Waals surface area contributed by atoms with E-state index in [1.807, 2.05) is 5.32 Å². The number of carbonyl (C=O) groups excluding carboxylic acids is 1. The van der Waals surface area contributed by atoms with Crippen molar-refractivity contribution in [3.63, 3.8) is 0 Å². The van der Waals surface area contributed by atoms with Gasteiger partial charge in [0.1, 0.15) is 11.6 Å². The highest BCUT2D eigenvalue weighted by Gasteiger charge is 2.59. The minimum absolute atomic E-state index is 0.000221. The fourth-order valence-electron chi connectivity index (χ4n) is 3.18. The first-order valence-corrected chi connectivity index (χ1v) is 8.91. The third-order valence-corrected chi connectivity index (χ3v) is 4.81. The van der Waals surface area contributed by atoms with E-state index < -0.39 is 29.1 Å². The average Bonchev–Trinajstić information content (AvgIpc) is 3.44. The molecule has 1 aliphatic heterocycles. The molecule has 1 fully saturated rings. The molecule has 0 radical (unpaired) electrons. The Morgan fingerprint density at radius 2 is 2.03 bits per heavy atom. The quantitative estimate of drug-likeness (QED) is 0.528. The van der Waals surface area contributed by atoms with Gasteiger partial charge in [0.05, 0.1) is 0 Å². The SMILES string of the molecule is Nc1cccc(Cc2cc3c(cc2F)C(C#CC2CC2)(C(F)(F)F)NC(=O)N3)n1. The van der Waals surface area contributed by atoms with E-state index in [4.69, 9.17) is 5.73 Å². The molecule has 0 spiro atoms. The maximum Gasteiger partial charge on any atom is 0.427 e. The molecule has 2 aliphatic rings. The number of amides is 2. The topological polar surface area (TPSA) is 80.0 Å². The number of aromatic nitrogens is 1. The normalized spacial score (nSPS) is 20.8. The molecular formula is C20H16F4N4O. The van der Waals surface area contributed by atoms with Crippen LogP contribution in [0.4, 0.5) is 33.9 Å². The molecule has 1 atom stereocenters. The standard InChI is InChI=1S/C20H16F4N4O/c21-15-10-14-16(9-12(15)8-13-2-1-3-17(25)26-13)27-18(29)28-19(14,20(22,23)24)7-6-11-4-5-11/h1-3,9-11H,4-5,8H2,(H2,25,26)(H2,27,28,29). The van der Waals surface area contributed by atoms with Crippen molar-refractivity contribution in [3.05, 3.63) is 53.0 Å². The summed E-state index contributed by atoms with van der Waals surface area (Å²) < 4.78 is 56.9. The summed E-state index contributed by atoms with van der Waals surface area (Å²) in [5.74, 6) is 3.99. The maximum atomic E-state index is 14.8. The zero-order chi connectivity index (χ0) is 20.8. The van der Waals surface area contributed by atoms with Crippen LogP contribution in [0.2, 0.25) is 0 Å². The number of nitrogens with zero attached hydrogens (tertiary/aromatic N) is 1. The van der Waals surface area contributed by atoms with Crippen molar-refractivity contribution in [2.75, 3.05) is 11.1 Å². The molecule has 9 heteroatoms. The van der Waals surface area contributed by atoms with Gasteiger partial charge in [-0.1, -0.05) is 17.9 Å². The number of fused-ring (bicyclic) bond motifs is 1. The number of carbonyl (C=O) groups is 1. The molecule has 2 amide bonds. The van der Waals surface area contributed by atoms with Gasteiger partial charge in [0.2, 0.25) is 5.54 Å². The van der Waals surface area contributed by atoms with Crippen molar-refractivity contribution in [2.24, 2.45) is 5.92 Å². The first-order chi connectivity index (χ1) is 13.7. The summed E-state index contributed by atoms with van der Waals surface area (Å²) in [5.41, 5.74) is 2.55. The minimum Gasteiger partial charge on any atom is -0.384 e. The second-order valence-electron chi connectivity index (χ2n) is 7.09. The van der Waals surface area contributed by atoms with E-state index in [0.717, 1.165) is 6.07 Å². The monoisotopic (exact) mass is 404 g/mol. The molecular weight excluding hydrogens is 388 g/mol. The molecule has 4 N–H and O–H groups in total. The number of pyridine rings is 1. The summed E-state index contributed by atoms with van der Waals surface area (Å²) >= 11 is 0. The highest BCUT2D eigenvalue weighted by atomic mass is 19.4. The van der Waals surface area contributed by atoms with Crippen molar-refractivity contribution in [2.45, 2.75) is 31.0 Å². The molecule has 1 aliphatic carbocycles. The van der Waals surface area contributed by atoms with Gasteiger partial charge in [0.15, 0.2) is 0 Å². The highest BCUT2D eigenvalue weighted by molar-refractivity contribution is 5.95. The maximum absolute atomic E-state index is 14.8. The summed E-state index contributed by atoms with van der Waals surface area (Å²) in [6.45, 7) is 0. The molecule has 4 rings (SSSR count). The lowest BCUT2D eigenvalue weighted by Crippen LogP contribution is -2.59. The largest absolute Gasteiger partial charge is 0.427 e. The highest BCUT2D eigenvalue weighted by Crippen LogP contribution is 2.45. The van der Waals surface area contributed by atoms with Crippen LogP contribution in [0.5, 0.6) is 0 Å². The summed E-state index contributed by atoms with van der Waals surface area (Å²) in [5, 5.41) is 4.19. The molecule has 0 bridgehead atoms. The summed E-state index contributed by atoms with van der Waals surface area (Å²) in [7, 11) is 0. The van der Waals surface area contributed by atoms with E-state index in [1.165, 1.54) is 6.07 Å². The summed E-state index contributed by atoms with van der Waals surface area (Å²) in [6, 6.07) is 5.73. The van der Waals surface area contributed by atoms with Gasteiger partial charge in [0.25, 0.3) is 0 Å². The molecule has 2 heterocycles. The van der Waals surface area contributed by atoms with Crippen LogP contribution in [-0.2, 0) is 12.0 Å². The smallest absolute Gasteiger partial charge is 0.384 e. The van der Waals surface area contributed by atoms with Crippen LogP contribution < -0.4 is 16.4 Å². The van der Waals surface area contributed by atoms with Crippen LogP contribution in [0.1, 0.15) is 29.7 Å². The number of urea groups is 1. The van der Waals surface area contributed by atoms with Crippen molar-refractivity contribution in [3.8, 4) is 11.8 Å². The van der Waals surface area contributed by atoms with E-state index in [-0.39, 0.29) is 29.4 Å². The molecule has 1 aromatic heterocycles. The third-order valence-electron chi connectivity index (χ3n) is 4.81. The van der Waals surface area contributed by atoms with Gasteiger partial charge in [-0.15, -0.1) is 0 Å². The first kappa shape index (κ1) is 19.1. The van der Waals surface area contributed by atoms with Crippen LogP contribution in [0.15, 0.2) is 30.3 Å². The zero-order valence-electron chi connectivity index (χ0n) is 15.0. The molecule has 1 saturated carbocycles. The second-order valence-corrected chi connectivity index (χ2v) is 7.09. The number of hydrogen-bond donors (Lipinski definition) is 3. The number of nitrogen functional groups attached to an aromatic ring is 1.